The van der Waals surface area contributed by atoms with Crippen LogP contribution in [-0.4, -0.2) is 26.5 Å². The first kappa shape index (κ1) is 21.7. The molecule has 0 spiro atoms. The van der Waals surface area contributed by atoms with Crippen LogP contribution in [-0.2, 0) is 4.74 Å². The van der Waals surface area contributed by atoms with Crippen molar-refractivity contribution in [2.24, 2.45) is 0 Å². The van der Waals surface area contributed by atoms with E-state index in [0.717, 1.165) is 23.4 Å². The minimum atomic E-state index is -0.537. The molecular weight excluding hydrogens is 443 g/mol. The summed E-state index contributed by atoms with van der Waals surface area (Å²) in [6.07, 6.45) is 3.18. The lowest BCUT2D eigenvalue weighted by atomic mass is 9.88. The van der Waals surface area contributed by atoms with Gasteiger partial charge in [-0.1, -0.05) is 11.6 Å². The Labute approximate surface area is 194 Å². The van der Waals surface area contributed by atoms with E-state index in [0.29, 0.717) is 24.4 Å². The first-order valence-electron chi connectivity index (χ1n) is 10.8. The van der Waals surface area contributed by atoms with Crippen molar-refractivity contribution in [1.29, 1.82) is 0 Å². The van der Waals surface area contributed by atoms with Crippen molar-refractivity contribution >= 4 is 22.5 Å². The third-order valence-corrected chi connectivity index (χ3v) is 6.24. The Morgan fingerprint density at radius 3 is 2.79 bits per heavy atom. The van der Waals surface area contributed by atoms with Gasteiger partial charge in [0, 0.05) is 40.7 Å². The number of pyridine rings is 2. The van der Waals surface area contributed by atoms with E-state index < -0.39 is 5.82 Å². The van der Waals surface area contributed by atoms with Gasteiger partial charge in [0.15, 0.2) is 0 Å². The number of hydrogen-bond donors (Lipinski definition) is 1. The number of H-pyrrole nitrogens is 1. The van der Waals surface area contributed by atoms with Gasteiger partial charge in [-0.05, 0) is 68.7 Å². The summed E-state index contributed by atoms with van der Waals surface area (Å²) in [5.74, 6) is 0.0203. The molecule has 0 amide bonds. The predicted octanol–water partition coefficient (Wildman–Crippen LogP) is 5.42. The number of aryl methyl sites for hydroxylation is 2. The number of rotatable bonds is 3. The number of hydrogen-bond acceptors (Lipinski definition) is 5. The van der Waals surface area contributed by atoms with Crippen LogP contribution in [0.5, 0.6) is 0 Å². The summed E-state index contributed by atoms with van der Waals surface area (Å²) in [6.45, 7) is 4.25. The van der Waals surface area contributed by atoms with Gasteiger partial charge in [0.05, 0.1) is 22.7 Å². The lowest BCUT2D eigenvalue weighted by molar-refractivity contribution is 0.00460. The molecule has 6 nitrogen and oxygen atoms in total. The molecular formula is C25H22ClFN4O2. The standard InChI is InChI=1S/C25H22ClFN4O2/c1-13-9-16(5-7-28-13)22-10-15(6-8-33-22)20-12-21-23(25(32)30-14(2)29-21)24(31-20)18-4-3-17(26)11-19(18)27/h3-5,7,9,11-12,15,22H,6,8,10H2,1-2H3,(H,29,30,32)/t15-,22+/m0/s1. The number of halogens is 2. The van der Waals surface area contributed by atoms with E-state index in [9.17, 15) is 9.18 Å². The quantitative estimate of drug-likeness (QED) is 0.437. The molecule has 1 aromatic carbocycles. The fourth-order valence-electron chi connectivity index (χ4n) is 4.45. The van der Waals surface area contributed by atoms with Crippen LogP contribution in [0.25, 0.3) is 22.2 Å². The van der Waals surface area contributed by atoms with Gasteiger partial charge in [0.25, 0.3) is 5.56 Å². The van der Waals surface area contributed by atoms with E-state index >= 15 is 0 Å². The molecule has 2 atom stereocenters. The number of fused-ring (bicyclic) bond motifs is 1. The second kappa shape index (κ2) is 8.65. The van der Waals surface area contributed by atoms with Crippen molar-refractivity contribution in [3.05, 3.63) is 86.6 Å². The van der Waals surface area contributed by atoms with E-state index in [2.05, 4.69) is 15.0 Å². The molecule has 0 unspecified atom stereocenters. The number of nitrogens with one attached hydrogen (secondary N) is 1. The number of ether oxygens (including phenoxy) is 1. The van der Waals surface area contributed by atoms with E-state index in [1.165, 1.54) is 6.07 Å². The molecule has 33 heavy (non-hydrogen) atoms. The van der Waals surface area contributed by atoms with Crippen LogP contribution in [0.4, 0.5) is 4.39 Å². The van der Waals surface area contributed by atoms with Crippen LogP contribution in [0.1, 0.15) is 47.6 Å². The van der Waals surface area contributed by atoms with Crippen molar-refractivity contribution < 1.29 is 9.13 Å². The average Bonchev–Trinajstić information content (AvgIpc) is 2.78. The van der Waals surface area contributed by atoms with E-state index in [1.54, 1.807) is 25.3 Å². The molecule has 0 aliphatic carbocycles. The van der Waals surface area contributed by atoms with Crippen molar-refractivity contribution in [3.8, 4) is 11.3 Å². The summed E-state index contributed by atoms with van der Waals surface area (Å²) < 4.78 is 20.9. The first-order chi connectivity index (χ1) is 15.9. The normalized spacial score (nSPS) is 18.5. The second-order valence-electron chi connectivity index (χ2n) is 8.38. The zero-order valence-corrected chi connectivity index (χ0v) is 19.0. The minimum Gasteiger partial charge on any atom is -0.373 e. The Bertz CT molecular complexity index is 1420. The maximum atomic E-state index is 14.9. The van der Waals surface area contributed by atoms with Crippen molar-refractivity contribution in [3.63, 3.8) is 0 Å². The van der Waals surface area contributed by atoms with Gasteiger partial charge < -0.3 is 9.72 Å². The smallest absolute Gasteiger partial charge is 0.260 e. The van der Waals surface area contributed by atoms with Crippen LogP contribution < -0.4 is 5.56 Å². The molecule has 1 aliphatic rings. The predicted molar refractivity (Wildman–Crippen MR) is 125 cm³/mol. The van der Waals surface area contributed by atoms with E-state index in [4.69, 9.17) is 21.3 Å². The Balaban J connectivity index is 1.63. The SMILES string of the molecule is Cc1cc([C@H]2C[C@@H](c3cc4nc(C)[nH]c(=O)c4c(-c4ccc(Cl)cc4F)n3)CCO2)ccn1. The summed E-state index contributed by atoms with van der Waals surface area (Å²) in [7, 11) is 0. The minimum absolute atomic E-state index is 0.0668. The van der Waals surface area contributed by atoms with Crippen LogP contribution in [0.2, 0.25) is 5.02 Å². The Hall–Kier alpha value is -3.16. The number of aromatic amines is 1. The highest BCUT2D eigenvalue weighted by molar-refractivity contribution is 6.30. The van der Waals surface area contributed by atoms with E-state index in [1.807, 2.05) is 25.1 Å². The van der Waals surface area contributed by atoms with Gasteiger partial charge in [-0.25, -0.2) is 9.37 Å². The van der Waals surface area contributed by atoms with Crippen molar-refractivity contribution in [2.45, 2.75) is 38.7 Å². The number of benzene rings is 1. The molecule has 1 fully saturated rings. The first-order valence-corrected chi connectivity index (χ1v) is 11.2. The molecule has 0 saturated carbocycles. The molecule has 1 N–H and O–H groups in total. The Morgan fingerprint density at radius 1 is 1.15 bits per heavy atom. The number of aromatic nitrogens is 4. The zero-order chi connectivity index (χ0) is 23.1. The van der Waals surface area contributed by atoms with Crippen molar-refractivity contribution in [1.82, 2.24) is 19.9 Å². The highest BCUT2D eigenvalue weighted by Gasteiger charge is 2.28. The highest BCUT2D eigenvalue weighted by Crippen LogP contribution is 2.39. The third-order valence-electron chi connectivity index (χ3n) is 6.01. The Morgan fingerprint density at radius 2 is 2.00 bits per heavy atom. The summed E-state index contributed by atoms with van der Waals surface area (Å²) in [5.41, 5.74) is 3.41. The second-order valence-corrected chi connectivity index (χ2v) is 8.81. The third kappa shape index (κ3) is 4.26. The summed E-state index contributed by atoms with van der Waals surface area (Å²) in [6, 6.07) is 10.2. The fraction of sp³-hybridized carbons (Fsp3) is 0.280. The van der Waals surface area contributed by atoms with Crippen LogP contribution in [0, 0.1) is 19.7 Å². The average molecular weight is 465 g/mol. The molecule has 1 aliphatic heterocycles. The van der Waals surface area contributed by atoms with Gasteiger partial charge in [-0.3, -0.25) is 14.8 Å². The lowest BCUT2D eigenvalue weighted by Gasteiger charge is -2.30. The summed E-state index contributed by atoms with van der Waals surface area (Å²) >= 11 is 5.95. The molecule has 4 aromatic rings. The maximum absolute atomic E-state index is 14.9. The van der Waals surface area contributed by atoms with Crippen LogP contribution in [0.15, 0.2) is 47.4 Å². The zero-order valence-electron chi connectivity index (χ0n) is 18.2. The highest BCUT2D eigenvalue weighted by atomic mass is 35.5. The topological polar surface area (TPSA) is 80.8 Å². The van der Waals surface area contributed by atoms with Gasteiger partial charge in [0.2, 0.25) is 0 Å². The molecule has 3 aromatic heterocycles. The molecule has 0 radical (unpaired) electrons. The van der Waals surface area contributed by atoms with Gasteiger partial charge in [-0.2, -0.15) is 0 Å². The molecule has 4 heterocycles. The maximum Gasteiger partial charge on any atom is 0.260 e. The molecule has 1 saturated heterocycles. The largest absolute Gasteiger partial charge is 0.373 e. The van der Waals surface area contributed by atoms with Gasteiger partial charge >= 0.3 is 0 Å². The van der Waals surface area contributed by atoms with Gasteiger partial charge in [-0.15, -0.1) is 0 Å². The lowest BCUT2D eigenvalue weighted by Crippen LogP contribution is -2.20. The van der Waals surface area contributed by atoms with Crippen molar-refractivity contribution in [2.75, 3.05) is 6.61 Å². The molecule has 8 heteroatoms. The fourth-order valence-corrected chi connectivity index (χ4v) is 4.61. The van der Waals surface area contributed by atoms with Crippen LogP contribution >= 0.6 is 11.6 Å². The summed E-state index contributed by atoms with van der Waals surface area (Å²) in [4.78, 5) is 29.1. The Kier molecular flexibility index (Phi) is 5.68. The molecule has 168 valence electrons. The molecule has 5 rings (SSSR count). The van der Waals surface area contributed by atoms with Crippen LogP contribution in [0.3, 0.4) is 0 Å². The molecule has 0 bridgehead atoms. The summed E-state index contributed by atoms with van der Waals surface area (Å²) in [5, 5.41) is 0.540. The van der Waals surface area contributed by atoms with Gasteiger partial charge in [0.1, 0.15) is 11.6 Å². The monoisotopic (exact) mass is 464 g/mol. The number of nitrogens with zero attached hydrogens (tertiary/aromatic N) is 3. The van der Waals surface area contributed by atoms with E-state index in [-0.39, 0.29) is 39.2 Å².